The number of hydrogen-bond acceptors (Lipinski definition) is 3. The Morgan fingerprint density at radius 2 is 2.36 bits per heavy atom. The molecule has 4 nitrogen and oxygen atoms in total. The molecule has 1 fully saturated rings. The summed E-state index contributed by atoms with van der Waals surface area (Å²) in [5, 5.41) is 8.65. The molecule has 1 amide bonds. The smallest absolute Gasteiger partial charge is 0.250 e. The third-order valence-electron chi connectivity index (χ3n) is 2.28. The van der Waals surface area contributed by atoms with Crippen molar-refractivity contribution in [2.75, 3.05) is 0 Å². The van der Waals surface area contributed by atoms with Gasteiger partial charge in [0.05, 0.1) is 16.8 Å². The van der Waals surface area contributed by atoms with E-state index in [1.165, 1.54) is 12.3 Å². The number of nitrogens with zero attached hydrogens (tertiary/aromatic N) is 2. The predicted molar refractivity (Wildman–Crippen MR) is 49.4 cm³/mol. The summed E-state index contributed by atoms with van der Waals surface area (Å²) in [6.07, 6.45) is 3.60. The molecule has 14 heavy (non-hydrogen) atoms. The van der Waals surface area contributed by atoms with Crippen molar-refractivity contribution in [2.45, 2.75) is 18.8 Å². The first-order valence-electron chi connectivity index (χ1n) is 4.42. The lowest BCUT2D eigenvalue weighted by Gasteiger charge is -2.03. The SMILES string of the molecule is N#Cc1cnc(C2CC2)c(C(N)=O)c1. The van der Waals surface area contributed by atoms with Crippen LogP contribution >= 0.6 is 0 Å². The lowest BCUT2D eigenvalue weighted by atomic mass is 10.1. The Labute approximate surface area is 81.4 Å². The van der Waals surface area contributed by atoms with Crippen LogP contribution in [-0.2, 0) is 0 Å². The van der Waals surface area contributed by atoms with Crippen LogP contribution in [0.15, 0.2) is 12.3 Å². The summed E-state index contributed by atoms with van der Waals surface area (Å²) in [5.74, 6) is -0.137. The summed E-state index contributed by atoms with van der Waals surface area (Å²) in [5.41, 5.74) is 6.74. The van der Waals surface area contributed by atoms with E-state index in [4.69, 9.17) is 11.0 Å². The number of nitrogens with two attached hydrogens (primary N) is 1. The third-order valence-corrected chi connectivity index (χ3v) is 2.28. The summed E-state index contributed by atoms with van der Waals surface area (Å²) in [7, 11) is 0. The molecule has 4 heteroatoms. The molecule has 1 aliphatic carbocycles. The highest BCUT2D eigenvalue weighted by molar-refractivity contribution is 5.94. The molecule has 0 radical (unpaired) electrons. The molecular weight excluding hydrogens is 178 g/mol. The summed E-state index contributed by atoms with van der Waals surface area (Å²) < 4.78 is 0. The maximum atomic E-state index is 11.1. The third kappa shape index (κ3) is 1.44. The van der Waals surface area contributed by atoms with Crippen molar-refractivity contribution in [1.29, 1.82) is 5.26 Å². The van der Waals surface area contributed by atoms with E-state index in [-0.39, 0.29) is 0 Å². The number of hydrogen-bond donors (Lipinski definition) is 1. The number of rotatable bonds is 2. The molecule has 70 valence electrons. The van der Waals surface area contributed by atoms with Crippen LogP contribution in [0.2, 0.25) is 0 Å². The Morgan fingerprint density at radius 1 is 1.64 bits per heavy atom. The quantitative estimate of drug-likeness (QED) is 0.747. The van der Waals surface area contributed by atoms with Crippen molar-refractivity contribution in [1.82, 2.24) is 4.98 Å². The summed E-state index contributed by atoms with van der Waals surface area (Å²) in [4.78, 5) is 15.2. The molecule has 2 N–H and O–H groups in total. The fraction of sp³-hybridized carbons (Fsp3) is 0.300. The first kappa shape index (κ1) is 8.70. The van der Waals surface area contributed by atoms with Crippen molar-refractivity contribution in [2.24, 2.45) is 5.73 Å². The molecular formula is C10H9N3O. The highest BCUT2D eigenvalue weighted by atomic mass is 16.1. The molecule has 1 saturated carbocycles. The lowest BCUT2D eigenvalue weighted by Crippen LogP contribution is -2.14. The minimum Gasteiger partial charge on any atom is -0.366 e. The van der Waals surface area contributed by atoms with E-state index in [0.29, 0.717) is 17.0 Å². The molecule has 1 aliphatic rings. The van der Waals surface area contributed by atoms with E-state index in [9.17, 15) is 4.79 Å². The number of carbonyl (C=O) groups excluding carboxylic acids is 1. The Balaban J connectivity index is 2.50. The van der Waals surface area contributed by atoms with Crippen molar-refractivity contribution in [3.05, 3.63) is 29.1 Å². The number of amides is 1. The number of primary amides is 1. The van der Waals surface area contributed by atoms with Crippen molar-refractivity contribution in [3.63, 3.8) is 0 Å². The highest BCUT2D eigenvalue weighted by Crippen LogP contribution is 2.40. The van der Waals surface area contributed by atoms with Gasteiger partial charge in [0, 0.05) is 12.1 Å². The standard InChI is InChI=1S/C10H9N3O/c11-4-6-3-8(10(12)14)9(13-5-6)7-1-2-7/h3,5,7H,1-2H2,(H2,12,14). The van der Waals surface area contributed by atoms with Crippen molar-refractivity contribution in [3.8, 4) is 6.07 Å². The number of carbonyl (C=O) groups is 1. The highest BCUT2D eigenvalue weighted by Gasteiger charge is 2.29. The zero-order valence-corrected chi connectivity index (χ0v) is 7.53. The second-order valence-corrected chi connectivity index (χ2v) is 3.41. The molecule has 1 heterocycles. The van der Waals surface area contributed by atoms with Gasteiger partial charge in [-0.2, -0.15) is 5.26 Å². The van der Waals surface area contributed by atoms with E-state index >= 15 is 0 Å². The second-order valence-electron chi connectivity index (χ2n) is 3.41. The maximum absolute atomic E-state index is 11.1. The normalized spacial score (nSPS) is 14.8. The van der Waals surface area contributed by atoms with Crippen molar-refractivity contribution >= 4 is 5.91 Å². The predicted octanol–water partition coefficient (Wildman–Crippen LogP) is 0.930. The van der Waals surface area contributed by atoms with Gasteiger partial charge < -0.3 is 5.73 Å². The molecule has 0 saturated heterocycles. The van der Waals surface area contributed by atoms with Crippen LogP contribution in [-0.4, -0.2) is 10.9 Å². The van der Waals surface area contributed by atoms with E-state index in [0.717, 1.165) is 18.5 Å². The maximum Gasteiger partial charge on any atom is 0.250 e. The van der Waals surface area contributed by atoms with Gasteiger partial charge in [-0.25, -0.2) is 0 Å². The summed E-state index contributed by atoms with van der Waals surface area (Å²) in [6.45, 7) is 0. The van der Waals surface area contributed by atoms with E-state index in [1.54, 1.807) is 0 Å². The van der Waals surface area contributed by atoms with E-state index < -0.39 is 5.91 Å². The first-order valence-corrected chi connectivity index (χ1v) is 4.42. The van der Waals surface area contributed by atoms with Gasteiger partial charge in [-0.15, -0.1) is 0 Å². The zero-order valence-electron chi connectivity index (χ0n) is 7.53. The van der Waals surface area contributed by atoms with Crippen LogP contribution in [0, 0.1) is 11.3 Å². The molecule has 0 unspecified atom stereocenters. The van der Waals surface area contributed by atoms with Gasteiger partial charge in [0.1, 0.15) is 6.07 Å². The molecule has 1 aromatic heterocycles. The van der Waals surface area contributed by atoms with Crippen molar-refractivity contribution < 1.29 is 4.79 Å². The lowest BCUT2D eigenvalue weighted by molar-refractivity contribution is 0.0999. The van der Waals surface area contributed by atoms with Crippen LogP contribution in [0.3, 0.4) is 0 Å². The van der Waals surface area contributed by atoms with Gasteiger partial charge in [-0.05, 0) is 18.9 Å². The number of aromatic nitrogens is 1. The number of nitriles is 1. The van der Waals surface area contributed by atoms with Crippen LogP contribution < -0.4 is 5.73 Å². The topological polar surface area (TPSA) is 79.8 Å². The Hall–Kier alpha value is -1.89. The minimum atomic E-state index is -0.503. The van der Waals surface area contributed by atoms with Gasteiger partial charge in [0.25, 0.3) is 5.91 Å². The molecule has 1 aromatic rings. The number of pyridine rings is 1. The van der Waals surface area contributed by atoms with E-state index in [1.807, 2.05) is 6.07 Å². The van der Waals surface area contributed by atoms with Crippen LogP contribution in [0.1, 0.15) is 40.4 Å². The zero-order chi connectivity index (χ0) is 10.1. The van der Waals surface area contributed by atoms with Gasteiger partial charge in [-0.3, -0.25) is 9.78 Å². The van der Waals surface area contributed by atoms with Gasteiger partial charge in [0.15, 0.2) is 0 Å². The Morgan fingerprint density at radius 3 is 2.86 bits per heavy atom. The Bertz CT molecular complexity index is 429. The molecule has 0 aromatic carbocycles. The van der Waals surface area contributed by atoms with Crippen LogP contribution in [0.5, 0.6) is 0 Å². The largest absolute Gasteiger partial charge is 0.366 e. The van der Waals surface area contributed by atoms with Crippen LogP contribution in [0.4, 0.5) is 0 Å². The van der Waals surface area contributed by atoms with E-state index in [2.05, 4.69) is 4.98 Å². The fourth-order valence-electron chi connectivity index (χ4n) is 1.42. The minimum absolute atomic E-state index is 0.366. The van der Waals surface area contributed by atoms with Gasteiger partial charge >= 0.3 is 0 Å². The second kappa shape index (κ2) is 3.11. The first-order chi connectivity index (χ1) is 6.72. The fourth-order valence-corrected chi connectivity index (χ4v) is 1.42. The average molecular weight is 187 g/mol. The summed E-state index contributed by atoms with van der Waals surface area (Å²) in [6, 6.07) is 3.46. The molecule has 0 spiro atoms. The molecule has 2 rings (SSSR count). The monoisotopic (exact) mass is 187 g/mol. The molecule has 0 aliphatic heterocycles. The molecule has 0 atom stereocenters. The summed E-state index contributed by atoms with van der Waals surface area (Å²) >= 11 is 0. The van der Waals surface area contributed by atoms with Gasteiger partial charge in [0.2, 0.25) is 0 Å². The average Bonchev–Trinajstić information content (AvgIpc) is 3.00. The Kier molecular flexibility index (Phi) is 1.93. The molecule has 0 bridgehead atoms. The van der Waals surface area contributed by atoms with Gasteiger partial charge in [-0.1, -0.05) is 0 Å². The van der Waals surface area contributed by atoms with Crippen LogP contribution in [0.25, 0.3) is 0 Å².